The lowest BCUT2D eigenvalue weighted by Crippen LogP contribution is -2.25. The van der Waals surface area contributed by atoms with Gasteiger partial charge in [-0.2, -0.15) is 36.1 Å². The molecule has 2 heterocycles. The van der Waals surface area contributed by atoms with Crippen LogP contribution in [0, 0.1) is 0 Å². The van der Waals surface area contributed by atoms with E-state index in [0.717, 1.165) is 30.6 Å². The number of benzene rings is 1. The highest BCUT2D eigenvalue weighted by Gasteiger charge is 2.31. The Bertz CT molecular complexity index is 1330. The number of rotatable bonds is 5. The summed E-state index contributed by atoms with van der Waals surface area (Å²) in [5.74, 6) is -1.63. The fourth-order valence-electron chi connectivity index (χ4n) is 2.67. The van der Waals surface area contributed by atoms with E-state index < -0.39 is 67.5 Å². The zero-order valence-corrected chi connectivity index (χ0v) is 16.8. The highest BCUT2D eigenvalue weighted by Crippen LogP contribution is 2.31. The second-order valence-corrected chi connectivity index (χ2v) is 8.71. The molecular weight excluding hydrogens is 468 g/mol. The third-order valence-electron chi connectivity index (χ3n) is 4.24. The number of sulfone groups is 1. The lowest BCUT2D eigenvalue weighted by atomic mass is 10.1. The van der Waals surface area contributed by atoms with Gasteiger partial charge in [0.2, 0.25) is 0 Å². The summed E-state index contributed by atoms with van der Waals surface area (Å²) in [6, 6.07) is 3.12. The summed E-state index contributed by atoms with van der Waals surface area (Å²) >= 11 is 0. The monoisotopic (exact) mass is 481 g/mol. The number of fused-ring (bicyclic) bond motifs is 1. The molecule has 3 rings (SSSR count). The van der Waals surface area contributed by atoms with Crippen LogP contribution in [0.2, 0.25) is 0 Å². The molecule has 32 heavy (non-hydrogen) atoms. The Morgan fingerprint density at radius 3 is 2.34 bits per heavy atom. The Morgan fingerprint density at radius 2 is 1.75 bits per heavy atom. The number of nitrogens with zero attached hydrogens (tertiary/aromatic N) is 3. The van der Waals surface area contributed by atoms with E-state index in [2.05, 4.69) is 14.8 Å². The minimum absolute atomic E-state index is 0.0595. The Kier molecular flexibility index (Phi) is 5.93. The average molecular weight is 481 g/mol. The molecule has 0 fully saturated rings. The predicted molar refractivity (Wildman–Crippen MR) is 99.4 cm³/mol. The van der Waals surface area contributed by atoms with Crippen molar-refractivity contribution in [3.8, 4) is 11.6 Å². The van der Waals surface area contributed by atoms with Gasteiger partial charge >= 0.3 is 12.4 Å². The first-order valence-electron chi connectivity index (χ1n) is 8.75. The lowest BCUT2D eigenvalue weighted by molar-refractivity contribution is -0.153. The maximum atomic E-state index is 13.0. The van der Waals surface area contributed by atoms with E-state index in [1.807, 2.05) is 0 Å². The van der Waals surface area contributed by atoms with Crippen molar-refractivity contribution >= 4 is 20.6 Å². The van der Waals surface area contributed by atoms with E-state index >= 15 is 0 Å². The Morgan fingerprint density at radius 1 is 1.06 bits per heavy atom. The van der Waals surface area contributed by atoms with E-state index in [1.54, 1.807) is 0 Å². The van der Waals surface area contributed by atoms with Crippen LogP contribution in [0.4, 0.5) is 26.3 Å². The number of ether oxygens (including phenoxy) is 1. The molecule has 0 atom stereocenters. The van der Waals surface area contributed by atoms with Crippen molar-refractivity contribution in [2.75, 3.05) is 12.4 Å². The summed E-state index contributed by atoms with van der Waals surface area (Å²) in [5.41, 5.74) is -2.21. The van der Waals surface area contributed by atoms with Crippen LogP contribution in [-0.4, -0.2) is 41.7 Å². The molecular formula is C18H13F6N3O4S. The van der Waals surface area contributed by atoms with E-state index in [0.29, 0.717) is 10.7 Å². The van der Waals surface area contributed by atoms with E-state index in [9.17, 15) is 39.6 Å². The number of halogens is 6. The molecule has 0 saturated carbocycles. The normalized spacial score (nSPS) is 12.8. The zero-order chi connectivity index (χ0) is 23.9. The molecule has 2 aromatic heterocycles. The lowest BCUT2D eigenvalue weighted by Gasteiger charge is -2.14. The SMILES string of the molecule is CCS(=O)(=O)c1cc(OCC(F)(F)F)cnc1-n1ncc2ccc(C(F)(F)F)cc2c1=O. The van der Waals surface area contributed by atoms with Crippen molar-refractivity contribution in [2.45, 2.75) is 24.2 Å². The van der Waals surface area contributed by atoms with Crippen LogP contribution in [-0.2, 0) is 16.0 Å². The minimum atomic E-state index is -4.73. The summed E-state index contributed by atoms with van der Waals surface area (Å²) in [6.45, 7) is -0.470. The number of alkyl halides is 6. The smallest absolute Gasteiger partial charge is 0.422 e. The van der Waals surface area contributed by atoms with Crippen molar-refractivity contribution in [1.82, 2.24) is 14.8 Å². The minimum Gasteiger partial charge on any atom is -0.482 e. The Balaban J connectivity index is 2.21. The van der Waals surface area contributed by atoms with Crippen LogP contribution in [0.25, 0.3) is 16.6 Å². The summed E-state index contributed by atoms with van der Waals surface area (Å²) in [7, 11) is -4.16. The van der Waals surface area contributed by atoms with Gasteiger partial charge in [-0.3, -0.25) is 4.79 Å². The molecule has 0 bridgehead atoms. The molecule has 3 aromatic rings. The maximum Gasteiger partial charge on any atom is 0.422 e. The molecule has 0 aliphatic carbocycles. The first-order valence-corrected chi connectivity index (χ1v) is 10.4. The van der Waals surface area contributed by atoms with E-state index in [4.69, 9.17) is 0 Å². The van der Waals surface area contributed by atoms with Crippen molar-refractivity contribution in [2.24, 2.45) is 0 Å². The number of hydrogen-bond acceptors (Lipinski definition) is 6. The van der Waals surface area contributed by atoms with Crippen LogP contribution < -0.4 is 10.3 Å². The fourth-order valence-corrected chi connectivity index (χ4v) is 3.70. The molecule has 0 saturated heterocycles. The van der Waals surface area contributed by atoms with Gasteiger partial charge in [-0.25, -0.2) is 13.4 Å². The average Bonchev–Trinajstić information content (AvgIpc) is 2.71. The molecule has 0 spiro atoms. The standard InChI is InChI=1S/C18H13F6N3O4S/c1-2-32(29,30)14-6-12(31-9-17(19,20)21)8-25-15(14)27-16(28)13-5-11(18(22,23)24)4-3-10(13)7-26-27/h3-8H,2,9H2,1H3. The zero-order valence-electron chi connectivity index (χ0n) is 16.0. The summed E-state index contributed by atoms with van der Waals surface area (Å²) in [6.07, 6.45) is -7.65. The number of aromatic nitrogens is 3. The molecule has 0 aliphatic rings. The highest BCUT2D eigenvalue weighted by molar-refractivity contribution is 7.91. The number of pyridine rings is 1. The molecule has 1 aromatic carbocycles. The second-order valence-electron chi connectivity index (χ2n) is 6.46. The largest absolute Gasteiger partial charge is 0.482 e. The van der Waals surface area contributed by atoms with Crippen LogP contribution in [0.5, 0.6) is 5.75 Å². The first kappa shape index (κ1) is 23.5. The van der Waals surface area contributed by atoms with Gasteiger partial charge in [0.05, 0.1) is 29.1 Å². The molecule has 0 amide bonds. The third-order valence-corrected chi connectivity index (χ3v) is 5.97. The summed E-state index contributed by atoms with van der Waals surface area (Å²) in [4.78, 5) is 15.9. The van der Waals surface area contributed by atoms with Crippen LogP contribution >= 0.6 is 0 Å². The quantitative estimate of drug-likeness (QED) is 0.518. The highest BCUT2D eigenvalue weighted by atomic mass is 32.2. The van der Waals surface area contributed by atoms with E-state index in [1.165, 1.54) is 6.92 Å². The fraction of sp³-hybridized carbons (Fsp3) is 0.278. The third kappa shape index (κ3) is 4.84. The maximum absolute atomic E-state index is 13.0. The van der Waals surface area contributed by atoms with Crippen molar-refractivity contribution in [1.29, 1.82) is 0 Å². The van der Waals surface area contributed by atoms with Gasteiger partial charge in [-0.15, -0.1) is 0 Å². The summed E-state index contributed by atoms with van der Waals surface area (Å²) < 4.78 is 106. The van der Waals surface area contributed by atoms with Gasteiger partial charge in [0.15, 0.2) is 22.3 Å². The topological polar surface area (TPSA) is 91.2 Å². The van der Waals surface area contributed by atoms with Gasteiger partial charge in [0, 0.05) is 11.5 Å². The molecule has 0 N–H and O–H groups in total. The second kappa shape index (κ2) is 8.07. The van der Waals surface area contributed by atoms with Gasteiger partial charge in [0.1, 0.15) is 10.6 Å². The Hall–Kier alpha value is -3.16. The van der Waals surface area contributed by atoms with Crippen LogP contribution in [0.1, 0.15) is 12.5 Å². The van der Waals surface area contributed by atoms with Crippen LogP contribution in [0.3, 0.4) is 0 Å². The predicted octanol–water partition coefficient (Wildman–Crippen LogP) is 3.53. The first-order chi connectivity index (χ1) is 14.7. The Labute approximate surface area is 176 Å². The molecule has 0 unspecified atom stereocenters. The van der Waals surface area contributed by atoms with Gasteiger partial charge in [-0.05, 0) is 12.1 Å². The van der Waals surface area contributed by atoms with Crippen LogP contribution in [0.15, 0.2) is 46.3 Å². The van der Waals surface area contributed by atoms with Crippen molar-refractivity contribution in [3.63, 3.8) is 0 Å². The molecule has 172 valence electrons. The summed E-state index contributed by atoms with van der Waals surface area (Å²) in [5, 5.41) is 3.42. The van der Waals surface area contributed by atoms with Crippen molar-refractivity contribution in [3.05, 3.63) is 52.6 Å². The molecule has 0 radical (unpaired) electrons. The molecule has 7 nitrogen and oxygen atoms in total. The van der Waals surface area contributed by atoms with E-state index in [-0.39, 0.29) is 5.39 Å². The van der Waals surface area contributed by atoms with Crippen molar-refractivity contribution < 1.29 is 39.5 Å². The van der Waals surface area contributed by atoms with Gasteiger partial charge in [0.25, 0.3) is 5.56 Å². The molecule has 0 aliphatic heterocycles. The van der Waals surface area contributed by atoms with Gasteiger partial charge in [-0.1, -0.05) is 13.0 Å². The number of hydrogen-bond donors (Lipinski definition) is 0. The molecule has 14 heteroatoms. The van der Waals surface area contributed by atoms with Gasteiger partial charge < -0.3 is 4.74 Å².